The van der Waals surface area contributed by atoms with Crippen LogP contribution in [0.3, 0.4) is 0 Å². The zero-order valence-electron chi connectivity index (χ0n) is 19.9. The van der Waals surface area contributed by atoms with Crippen molar-refractivity contribution >= 4 is 11.4 Å². The Balaban J connectivity index is 1.95. The second-order valence-corrected chi connectivity index (χ2v) is 8.30. The van der Waals surface area contributed by atoms with Crippen LogP contribution in [0.15, 0.2) is 53.3 Å². The number of benzene rings is 2. The molecule has 1 aliphatic rings. The fourth-order valence-electron chi connectivity index (χ4n) is 3.97. The molecule has 0 amide bonds. The molecule has 3 aromatic rings. The summed E-state index contributed by atoms with van der Waals surface area (Å²) in [5.74, 6) is 0.631. The van der Waals surface area contributed by atoms with Crippen LogP contribution in [0.25, 0.3) is 16.9 Å². The zero-order valence-corrected chi connectivity index (χ0v) is 19.9. The van der Waals surface area contributed by atoms with E-state index >= 15 is 0 Å². The fourth-order valence-corrected chi connectivity index (χ4v) is 3.97. The van der Waals surface area contributed by atoms with E-state index in [1.165, 1.54) is 11.8 Å². The standard InChI is InChI=1S/C25H29N4O5/c1-17(2)21-16-22(18-6-5-7-20(14-18)32-3)26-28(25(21)30)24-15-19(27-10-12-34-13-11-27)8-9-23(24)29(31)33-4/h5-9,14-17H,10-13H2,1-4H3/q+1. The molecule has 178 valence electrons. The number of rotatable bonds is 7. The molecule has 2 heterocycles. The van der Waals surface area contributed by atoms with Gasteiger partial charge < -0.3 is 14.4 Å². The maximum absolute atomic E-state index is 13.5. The molecule has 1 aromatic heterocycles. The van der Waals surface area contributed by atoms with Gasteiger partial charge in [-0.3, -0.25) is 4.79 Å². The smallest absolute Gasteiger partial charge is 0.342 e. The number of hydrogen-bond acceptors (Lipinski definition) is 7. The van der Waals surface area contributed by atoms with E-state index in [1.54, 1.807) is 25.3 Å². The quantitative estimate of drug-likeness (QED) is 0.490. The molecule has 1 aliphatic heterocycles. The van der Waals surface area contributed by atoms with E-state index < -0.39 is 0 Å². The Morgan fingerprint density at radius 1 is 1.06 bits per heavy atom. The van der Waals surface area contributed by atoms with Crippen molar-refractivity contribution in [1.29, 1.82) is 0 Å². The van der Waals surface area contributed by atoms with E-state index in [0.29, 0.717) is 53.9 Å². The van der Waals surface area contributed by atoms with Gasteiger partial charge in [-0.05, 0) is 36.2 Å². The Labute approximate surface area is 198 Å². The molecule has 4 rings (SSSR count). The number of ether oxygens (including phenoxy) is 2. The SMILES string of the molecule is COc1cccc(-c2cc(C(C)C)c(=O)n(-c3cc(N4CCOCC4)ccc3[N+](=O)OC)n2)c1. The fraction of sp³-hybridized carbons (Fsp3) is 0.360. The topological polar surface area (TPSA) is 85.9 Å². The summed E-state index contributed by atoms with van der Waals surface area (Å²) in [4.78, 5) is 33.6. The average molecular weight is 466 g/mol. The molecule has 9 heteroatoms. The van der Waals surface area contributed by atoms with Gasteiger partial charge in [-0.15, -0.1) is 0 Å². The second kappa shape index (κ2) is 10.0. The highest BCUT2D eigenvalue weighted by atomic mass is 16.8. The van der Waals surface area contributed by atoms with Gasteiger partial charge in [-0.2, -0.15) is 9.78 Å². The molecule has 2 aromatic carbocycles. The number of anilines is 1. The lowest BCUT2D eigenvalue weighted by atomic mass is 10.0. The van der Waals surface area contributed by atoms with Crippen molar-refractivity contribution in [3.05, 3.63) is 69.4 Å². The Morgan fingerprint density at radius 3 is 2.50 bits per heavy atom. The number of hydrogen-bond donors (Lipinski definition) is 0. The first kappa shape index (κ1) is 23.4. The predicted molar refractivity (Wildman–Crippen MR) is 129 cm³/mol. The third-order valence-corrected chi connectivity index (χ3v) is 5.85. The summed E-state index contributed by atoms with van der Waals surface area (Å²) in [5, 5.41) is 4.68. The van der Waals surface area contributed by atoms with Crippen molar-refractivity contribution in [3.63, 3.8) is 0 Å². The molecular formula is C25H29N4O5+. The molecule has 9 nitrogen and oxygen atoms in total. The van der Waals surface area contributed by atoms with Gasteiger partial charge in [-0.25, -0.2) is 4.84 Å². The Morgan fingerprint density at radius 2 is 1.82 bits per heavy atom. The van der Waals surface area contributed by atoms with E-state index in [-0.39, 0.29) is 17.2 Å². The van der Waals surface area contributed by atoms with E-state index in [1.807, 2.05) is 44.2 Å². The van der Waals surface area contributed by atoms with Gasteiger partial charge in [0.1, 0.15) is 5.75 Å². The van der Waals surface area contributed by atoms with E-state index in [4.69, 9.17) is 14.3 Å². The molecule has 0 N–H and O–H groups in total. The van der Waals surface area contributed by atoms with Crippen LogP contribution in [0.1, 0.15) is 25.3 Å². The maximum Gasteiger partial charge on any atom is 0.342 e. The first-order chi connectivity index (χ1) is 16.4. The van der Waals surface area contributed by atoms with Gasteiger partial charge >= 0.3 is 5.69 Å². The molecule has 1 fully saturated rings. The van der Waals surface area contributed by atoms with Gasteiger partial charge in [-0.1, -0.05) is 26.0 Å². The second-order valence-electron chi connectivity index (χ2n) is 8.30. The highest BCUT2D eigenvalue weighted by molar-refractivity contribution is 5.65. The summed E-state index contributed by atoms with van der Waals surface area (Å²) < 4.78 is 12.1. The van der Waals surface area contributed by atoms with Crippen molar-refractivity contribution in [3.8, 4) is 22.7 Å². The van der Waals surface area contributed by atoms with Crippen molar-refractivity contribution in [2.45, 2.75) is 19.8 Å². The van der Waals surface area contributed by atoms with Crippen LogP contribution in [-0.2, 0) is 9.57 Å². The summed E-state index contributed by atoms with van der Waals surface area (Å²) in [6.45, 7) is 6.57. The molecule has 0 atom stereocenters. The summed E-state index contributed by atoms with van der Waals surface area (Å²) in [6.07, 6.45) is 0. The minimum atomic E-state index is -0.286. The van der Waals surface area contributed by atoms with Gasteiger partial charge in [0.25, 0.3) is 10.5 Å². The van der Waals surface area contributed by atoms with Crippen LogP contribution >= 0.6 is 0 Å². The molecule has 1 saturated heterocycles. The molecular weight excluding hydrogens is 436 g/mol. The third-order valence-electron chi connectivity index (χ3n) is 5.85. The lowest BCUT2D eigenvalue weighted by Crippen LogP contribution is -2.36. The van der Waals surface area contributed by atoms with Crippen LogP contribution in [-0.4, -0.2) is 55.2 Å². The van der Waals surface area contributed by atoms with Crippen LogP contribution in [0.5, 0.6) is 5.75 Å². The van der Waals surface area contributed by atoms with E-state index in [2.05, 4.69) is 10.00 Å². The third kappa shape index (κ3) is 4.65. The van der Waals surface area contributed by atoms with Crippen LogP contribution in [0.4, 0.5) is 11.4 Å². The lowest BCUT2D eigenvalue weighted by Gasteiger charge is -2.29. The number of morpholine rings is 1. The molecule has 0 radical (unpaired) electrons. The Bertz CT molecular complexity index is 1250. The van der Waals surface area contributed by atoms with Crippen molar-refractivity contribution in [2.24, 2.45) is 0 Å². The monoisotopic (exact) mass is 465 g/mol. The molecule has 0 spiro atoms. The summed E-state index contributed by atoms with van der Waals surface area (Å²) in [6, 6.07) is 14.6. The van der Waals surface area contributed by atoms with Crippen molar-refractivity contribution < 1.29 is 19.2 Å². The van der Waals surface area contributed by atoms with Gasteiger partial charge in [0.15, 0.2) is 12.8 Å². The van der Waals surface area contributed by atoms with E-state index in [0.717, 1.165) is 11.3 Å². The minimum absolute atomic E-state index is 0.0530. The number of aromatic nitrogens is 2. The first-order valence-corrected chi connectivity index (χ1v) is 11.2. The van der Waals surface area contributed by atoms with Crippen LogP contribution in [0.2, 0.25) is 0 Å². The Hall–Kier alpha value is -3.72. The minimum Gasteiger partial charge on any atom is -0.497 e. The summed E-state index contributed by atoms with van der Waals surface area (Å²) in [5.41, 5.74) is 3.10. The van der Waals surface area contributed by atoms with Gasteiger partial charge in [0.05, 0.1) is 30.9 Å². The summed E-state index contributed by atoms with van der Waals surface area (Å²) in [7, 11) is 2.89. The highest BCUT2D eigenvalue weighted by Gasteiger charge is 2.27. The van der Waals surface area contributed by atoms with Gasteiger partial charge in [0.2, 0.25) is 0 Å². The molecule has 34 heavy (non-hydrogen) atoms. The Kier molecular flexibility index (Phi) is 6.93. The van der Waals surface area contributed by atoms with Gasteiger partial charge in [0, 0.05) is 36.0 Å². The zero-order chi connectivity index (χ0) is 24.2. The maximum atomic E-state index is 13.5. The van der Waals surface area contributed by atoms with Crippen LogP contribution in [0, 0.1) is 4.91 Å². The first-order valence-electron chi connectivity index (χ1n) is 11.2. The molecule has 0 aliphatic carbocycles. The molecule has 0 saturated carbocycles. The van der Waals surface area contributed by atoms with Crippen molar-refractivity contribution in [1.82, 2.24) is 9.78 Å². The lowest BCUT2D eigenvalue weighted by molar-refractivity contribution is -0.736. The number of nitrogens with zero attached hydrogens (tertiary/aromatic N) is 4. The molecule has 0 bridgehead atoms. The number of methoxy groups -OCH3 is 1. The largest absolute Gasteiger partial charge is 0.497 e. The average Bonchev–Trinajstić information content (AvgIpc) is 2.88. The van der Waals surface area contributed by atoms with E-state index in [9.17, 15) is 9.70 Å². The highest BCUT2D eigenvalue weighted by Crippen LogP contribution is 2.30. The van der Waals surface area contributed by atoms with Crippen molar-refractivity contribution in [2.75, 3.05) is 45.4 Å². The molecule has 0 unspecified atom stereocenters. The summed E-state index contributed by atoms with van der Waals surface area (Å²) >= 11 is 0. The normalized spacial score (nSPS) is 13.7. The predicted octanol–water partition coefficient (Wildman–Crippen LogP) is 3.84. The van der Waals surface area contributed by atoms with Crippen LogP contribution < -0.4 is 15.2 Å².